The number of hydrogen-bond donors (Lipinski definition) is 1. The van der Waals surface area contributed by atoms with Crippen molar-refractivity contribution in [1.29, 1.82) is 0 Å². The van der Waals surface area contributed by atoms with Crippen LogP contribution in [0, 0.1) is 17.3 Å². The molecule has 16 heavy (non-hydrogen) atoms. The maximum absolute atomic E-state index is 3.76. The van der Waals surface area contributed by atoms with Crippen molar-refractivity contribution in [3.8, 4) is 0 Å². The van der Waals surface area contributed by atoms with Crippen molar-refractivity contribution in [3.05, 3.63) is 0 Å². The van der Waals surface area contributed by atoms with Crippen LogP contribution in [0.4, 0.5) is 0 Å². The summed E-state index contributed by atoms with van der Waals surface area (Å²) in [5, 5.41) is 3.76. The van der Waals surface area contributed by atoms with E-state index < -0.39 is 0 Å². The monoisotopic (exact) mass is 223 g/mol. The molecule has 0 radical (unpaired) electrons. The summed E-state index contributed by atoms with van der Waals surface area (Å²) in [6.45, 7) is 7.34. The Morgan fingerprint density at radius 1 is 1.12 bits per heavy atom. The van der Waals surface area contributed by atoms with Gasteiger partial charge in [0.05, 0.1) is 0 Å². The maximum Gasteiger partial charge on any atom is 0.000782 e. The lowest BCUT2D eigenvalue weighted by Gasteiger charge is -2.42. The van der Waals surface area contributed by atoms with Crippen LogP contribution in [-0.2, 0) is 0 Å². The van der Waals surface area contributed by atoms with Crippen molar-refractivity contribution < 1.29 is 0 Å². The number of nitrogens with one attached hydrogen (secondary N) is 1. The predicted octanol–water partition coefficient (Wildman–Crippen LogP) is 3.98. The summed E-state index contributed by atoms with van der Waals surface area (Å²) in [7, 11) is 0. The maximum atomic E-state index is 3.76. The minimum atomic E-state index is 0.696. The number of rotatable bonds is 5. The third-order valence-corrected chi connectivity index (χ3v) is 5.23. The lowest BCUT2D eigenvalue weighted by Crippen LogP contribution is -2.41. The first kappa shape index (κ1) is 12.4. The molecule has 2 aliphatic rings. The summed E-state index contributed by atoms with van der Waals surface area (Å²) in [6, 6.07) is 0. The van der Waals surface area contributed by atoms with Gasteiger partial charge in [0.15, 0.2) is 0 Å². The molecule has 2 fully saturated rings. The summed E-state index contributed by atoms with van der Waals surface area (Å²) >= 11 is 0. The molecule has 0 atom stereocenters. The molecule has 2 saturated carbocycles. The van der Waals surface area contributed by atoms with Crippen molar-refractivity contribution in [2.24, 2.45) is 17.3 Å². The molecule has 1 nitrogen and oxygen atoms in total. The van der Waals surface area contributed by atoms with Gasteiger partial charge in [0.2, 0.25) is 0 Å². The van der Waals surface area contributed by atoms with E-state index >= 15 is 0 Å². The van der Waals surface area contributed by atoms with Crippen LogP contribution in [0.1, 0.15) is 65.2 Å². The Kier molecular flexibility index (Phi) is 4.29. The van der Waals surface area contributed by atoms with Gasteiger partial charge in [0, 0.05) is 6.54 Å². The van der Waals surface area contributed by atoms with Gasteiger partial charge in [-0.05, 0) is 55.9 Å². The van der Waals surface area contributed by atoms with Crippen molar-refractivity contribution in [3.63, 3.8) is 0 Å². The second-order valence-electron chi connectivity index (χ2n) is 6.46. The topological polar surface area (TPSA) is 12.0 Å². The van der Waals surface area contributed by atoms with Gasteiger partial charge in [-0.1, -0.05) is 33.1 Å². The average Bonchev–Trinajstić information content (AvgIpc) is 2.25. The minimum Gasteiger partial charge on any atom is -0.316 e. The van der Waals surface area contributed by atoms with E-state index in [1.54, 1.807) is 0 Å². The Morgan fingerprint density at radius 3 is 2.31 bits per heavy atom. The summed E-state index contributed by atoms with van der Waals surface area (Å²) in [5.41, 5.74) is 0.696. The van der Waals surface area contributed by atoms with E-state index in [0.717, 1.165) is 11.8 Å². The van der Waals surface area contributed by atoms with Crippen LogP contribution in [0.25, 0.3) is 0 Å². The molecule has 1 N–H and O–H groups in total. The first-order valence-corrected chi connectivity index (χ1v) is 7.45. The highest BCUT2D eigenvalue weighted by atomic mass is 14.9. The zero-order valence-electron chi connectivity index (χ0n) is 11.2. The van der Waals surface area contributed by atoms with Crippen LogP contribution in [0.15, 0.2) is 0 Å². The van der Waals surface area contributed by atoms with Gasteiger partial charge in [-0.25, -0.2) is 0 Å². The SMILES string of the molecule is CCC1(CNCC2CCC(C)CC2)CCC1. The van der Waals surface area contributed by atoms with E-state index in [1.165, 1.54) is 64.5 Å². The molecular weight excluding hydrogens is 194 g/mol. The van der Waals surface area contributed by atoms with Gasteiger partial charge >= 0.3 is 0 Å². The first-order valence-electron chi connectivity index (χ1n) is 7.45. The lowest BCUT2D eigenvalue weighted by atomic mass is 9.67. The third-order valence-electron chi connectivity index (χ3n) is 5.23. The Morgan fingerprint density at radius 2 is 1.81 bits per heavy atom. The molecule has 94 valence electrons. The first-order chi connectivity index (χ1) is 7.74. The zero-order chi connectivity index (χ0) is 11.4. The minimum absolute atomic E-state index is 0.696. The zero-order valence-corrected chi connectivity index (χ0v) is 11.2. The highest BCUT2D eigenvalue weighted by Gasteiger charge is 2.34. The number of hydrogen-bond acceptors (Lipinski definition) is 1. The largest absolute Gasteiger partial charge is 0.316 e. The van der Waals surface area contributed by atoms with Crippen LogP contribution in [-0.4, -0.2) is 13.1 Å². The van der Waals surface area contributed by atoms with Gasteiger partial charge < -0.3 is 5.32 Å². The van der Waals surface area contributed by atoms with E-state index in [-0.39, 0.29) is 0 Å². The smallest absolute Gasteiger partial charge is 0.000782 e. The van der Waals surface area contributed by atoms with Crippen LogP contribution < -0.4 is 5.32 Å². The molecule has 1 heteroatoms. The van der Waals surface area contributed by atoms with Crippen molar-refractivity contribution in [2.45, 2.75) is 65.2 Å². The fourth-order valence-corrected chi connectivity index (χ4v) is 3.41. The molecule has 0 aromatic rings. The van der Waals surface area contributed by atoms with E-state index in [9.17, 15) is 0 Å². The molecule has 0 aromatic carbocycles. The average molecular weight is 223 g/mol. The van der Waals surface area contributed by atoms with E-state index in [2.05, 4.69) is 19.2 Å². The van der Waals surface area contributed by atoms with Crippen molar-refractivity contribution >= 4 is 0 Å². The van der Waals surface area contributed by atoms with Gasteiger partial charge in [0.25, 0.3) is 0 Å². The molecule has 0 aliphatic heterocycles. The fraction of sp³-hybridized carbons (Fsp3) is 1.00. The highest BCUT2D eigenvalue weighted by Crippen LogP contribution is 2.43. The molecular formula is C15H29N. The fourth-order valence-electron chi connectivity index (χ4n) is 3.41. The summed E-state index contributed by atoms with van der Waals surface area (Å²) in [5.74, 6) is 1.97. The molecule has 0 amide bonds. The van der Waals surface area contributed by atoms with E-state index in [1.807, 2.05) is 0 Å². The standard InChI is InChI=1S/C15H29N/c1-3-15(9-4-10-15)12-16-11-14-7-5-13(2)6-8-14/h13-14,16H,3-12H2,1-2H3. The second-order valence-corrected chi connectivity index (χ2v) is 6.46. The molecule has 0 bridgehead atoms. The van der Waals surface area contributed by atoms with Crippen LogP contribution in [0.2, 0.25) is 0 Å². The summed E-state index contributed by atoms with van der Waals surface area (Å²) in [6.07, 6.45) is 11.6. The van der Waals surface area contributed by atoms with Gasteiger partial charge in [-0.15, -0.1) is 0 Å². The van der Waals surface area contributed by atoms with Crippen LogP contribution >= 0.6 is 0 Å². The Labute approximate surface area is 101 Å². The van der Waals surface area contributed by atoms with Crippen LogP contribution in [0.3, 0.4) is 0 Å². The van der Waals surface area contributed by atoms with Crippen molar-refractivity contribution in [1.82, 2.24) is 5.32 Å². The normalized spacial score (nSPS) is 33.4. The van der Waals surface area contributed by atoms with Crippen LogP contribution in [0.5, 0.6) is 0 Å². The van der Waals surface area contributed by atoms with E-state index in [0.29, 0.717) is 5.41 Å². The van der Waals surface area contributed by atoms with Crippen molar-refractivity contribution in [2.75, 3.05) is 13.1 Å². The molecule has 2 aliphatic carbocycles. The molecule has 0 spiro atoms. The Hall–Kier alpha value is -0.0400. The Balaban J connectivity index is 1.61. The molecule has 0 heterocycles. The Bertz CT molecular complexity index is 194. The van der Waals surface area contributed by atoms with Gasteiger partial charge in [0.1, 0.15) is 0 Å². The van der Waals surface area contributed by atoms with E-state index in [4.69, 9.17) is 0 Å². The predicted molar refractivity (Wildman–Crippen MR) is 70.6 cm³/mol. The quantitative estimate of drug-likeness (QED) is 0.743. The molecule has 2 rings (SSSR count). The molecule has 0 aromatic heterocycles. The summed E-state index contributed by atoms with van der Waals surface area (Å²) in [4.78, 5) is 0. The molecule has 0 saturated heterocycles. The van der Waals surface area contributed by atoms with Gasteiger partial charge in [-0.2, -0.15) is 0 Å². The second kappa shape index (κ2) is 5.53. The summed E-state index contributed by atoms with van der Waals surface area (Å²) < 4.78 is 0. The molecule has 0 unspecified atom stereocenters. The lowest BCUT2D eigenvalue weighted by molar-refractivity contribution is 0.120. The highest BCUT2D eigenvalue weighted by molar-refractivity contribution is 4.88. The van der Waals surface area contributed by atoms with Gasteiger partial charge in [-0.3, -0.25) is 0 Å². The third kappa shape index (κ3) is 3.00.